The van der Waals surface area contributed by atoms with Crippen LogP contribution >= 0.6 is 0 Å². The molecule has 126 valence electrons. The van der Waals surface area contributed by atoms with E-state index in [0.29, 0.717) is 5.69 Å². The van der Waals surface area contributed by atoms with Crippen molar-refractivity contribution in [1.29, 1.82) is 0 Å². The summed E-state index contributed by atoms with van der Waals surface area (Å²) in [5.74, 6) is -0.709. The fraction of sp³-hybridized carbons (Fsp3) is 0.312. The molecule has 2 heterocycles. The highest BCUT2D eigenvalue weighted by atomic mass is 19.1. The molecule has 1 aliphatic rings. The lowest BCUT2D eigenvalue weighted by Crippen LogP contribution is -2.36. The Morgan fingerprint density at radius 1 is 1.42 bits per heavy atom. The van der Waals surface area contributed by atoms with Gasteiger partial charge in [0.2, 0.25) is 5.91 Å². The summed E-state index contributed by atoms with van der Waals surface area (Å²) >= 11 is 0. The average Bonchev–Trinajstić information content (AvgIpc) is 2.93. The van der Waals surface area contributed by atoms with Crippen molar-refractivity contribution in [1.82, 2.24) is 9.78 Å². The van der Waals surface area contributed by atoms with Crippen molar-refractivity contribution in [2.45, 2.75) is 13.8 Å². The molecule has 3 rings (SSSR count). The standard InChI is InChI=1S/C16H16FN3O4/c1-3-23-16(22)12-9-18-20-13-5-4-11(17)8-14(13)24-7-6-19(10(2)21)15(12)20/h4-5,8-9H,3,6-7H2,1-2H3. The maximum absolute atomic E-state index is 13.5. The molecule has 0 N–H and O–H groups in total. The van der Waals surface area contributed by atoms with E-state index in [9.17, 15) is 14.0 Å². The Labute approximate surface area is 137 Å². The predicted molar refractivity (Wildman–Crippen MR) is 83.0 cm³/mol. The minimum atomic E-state index is -0.574. The molecule has 0 fully saturated rings. The van der Waals surface area contributed by atoms with Crippen molar-refractivity contribution >= 4 is 17.7 Å². The van der Waals surface area contributed by atoms with Crippen LogP contribution < -0.4 is 9.64 Å². The zero-order valence-corrected chi connectivity index (χ0v) is 13.3. The van der Waals surface area contributed by atoms with Crippen LogP contribution in [-0.2, 0) is 9.53 Å². The molecule has 0 spiro atoms. The van der Waals surface area contributed by atoms with Gasteiger partial charge >= 0.3 is 5.97 Å². The van der Waals surface area contributed by atoms with Crippen LogP contribution in [0.15, 0.2) is 24.4 Å². The maximum Gasteiger partial charge on any atom is 0.343 e. The lowest BCUT2D eigenvalue weighted by molar-refractivity contribution is -0.116. The van der Waals surface area contributed by atoms with Crippen LogP contribution in [0.5, 0.6) is 5.75 Å². The topological polar surface area (TPSA) is 73.7 Å². The molecule has 0 unspecified atom stereocenters. The summed E-state index contributed by atoms with van der Waals surface area (Å²) in [6.45, 7) is 3.64. The van der Waals surface area contributed by atoms with Crippen molar-refractivity contribution in [2.75, 3.05) is 24.7 Å². The second-order valence-corrected chi connectivity index (χ2v) is 5.15. The van der Waals surface area contributed by atoms with E-state index in [1.54, 1.807) is 6.92 Å². The third-order valence-corrected chi connectivity index (χ3v) is 3.60. The first kappa shape index (κ1) is 16.0. The summed E-state index contributed by atoms with van der Waals surface area (Å²) in [7, 11) is 0. The van der Waals surface area contributed by atoms with E-state index in [2.05, 4.69) is 5.10 Å². The first-order valence-corrected chi connectivity index (χ1v) is 7.49. The second-order valence-electron chi connectivity index (χ2n) is 5.15. The second kappa shape index (κ2) is 6.31. The number of ether oxygens (including phenoxy) is 2. The van der Waals surface area contributed by atoms with Crippen molar-refractivity contribution < 1.29 is 23.5 Å². The number of amides is 1. The number of anilines is 1. The number of esters is 1. The number of aromatic nitrogens is 2. The summed E-state index contributed by atoms with van der Waals surface area (Å²) in [6.07, 6.45) is 1.34. The summed E-state index contributed by atoms with van der Waals surface area (Å²) in [5.41, 5.74) is 0.608. The summed E-state index contributed by atoms with van der Waals surface area (Å²) in [4.78, 5) is 25.6. The summed E-state index contributed by atoms with van der Waals surface area (Å²) < 4.78 is 25.5. The zero-order valence-electron chi connectivity index (χ0n) is 13.3. The molecule has 0 saturated carbocycles. The lowest BCUT2D eigenvalue weighted by Gasteiger charge is -2.26. The van der Waals surface area contributed by atoms with Crippen LogP contribution in [0, 0.1) is 5.82 Å². The Bertz CT molecular complexity index is 803. The van der Waals surface area contributed by atoms with Crippen molar-refractivity contribution in [3.63, 3.8) is 0 Å². The molecule has 8 heteroatoms. The first-order chi connectivity index (χ1) is 11.5. The highest BCUT2D eigenvalue weighted by molar-refractivity contribution is 6.01. The van der Waals surface area contributed by atoms with Gasteiger partial charge in [0, 0.05) is 13.0 Å². The van der Waals surface area contributed by atoms with Crippen LogP contribution in [0.25, 0.3) is 5.69 Å². The van der Waals surface area contributed by atoms with E-state index in [1.807, 2.05) is 0 Å². The number of hydrogen-bond donors (Lipinski definition) is 0. The first-order valence-electron chi connectivity index (χ1n) is 7.49. The molecular formula is C16H16FN3O4. The number of hydrogen-bond acceptors (Lipinski definition) is 5. The molecule has 0 radical (unpaired) electrons. The van der Waals surface area contributed by atoms with Gasteiger partial charge in [-0.3, -0.25) is 9.69 Å². The number of nitrogens with zero attached hydrogens (tertiary/aromatic N) is 3. The van der Waals surface area contributed by atoms with E-state index in [1.165, 1.54) is 40.9 Å². The highest BCUT2D eigenvalue weighted by Crippen LogP contribution is 2.32. The molecule has 2 aromatic rings. The monoisotopic (exact) mass is 333 g/mol. The molecule has 1 amide bonds. The number of carbonyl (C=O) groups excluding carboxylic acids is 2. The quantitative estimate of drug-likeness (QED) is 0.785. The SMILES string of the molecule is CCOC(=O)c1cnn2c1N(C(C)=O)CCOc1cc(F)ccc1-2. The Balaban J connectivity index is 2.22. The van der Waals surface area contributed by atoms with Gasteiger partial charge < -0.3 is 9.47 Å². The van der Waals surface area contributed by atoms with Gasteiger partial charge in [-0.2, -0.15) is 5.10 Å². The Kier molecular flexibility index (Phi) is 4.20. The van der Waals surface area contributed by atoms with Gasteiger partial charge in [0.15, 0.2) is 5.82 Å². The van der Waals surface area contributed by atoms with Crippen LogP contribution in [0.3, 0.4) is 0 Å². The Morgan fingerprint density at radius 2 is 2.21 bits per heavy atom. The van der Waals surface area contributed by atoms with Crippen LogP contribution in [0.4, 0.5) is 10.2 Å². The Hall–Kier alpha value is -2.90. The molecule has 7 nitrogen and oxygen atoms in total. The van der Waals surface area contributed by atoms with Crippen molar-refractivity contribution in [2.24, 2.45) is 0 Å². The van der Waals surface area contributed by atoms with E-state index < -0.39 is 11.8 Å². The average molecular weight is 333 g/mol. The van der Waals surface area contributed by atoms with Crippen LogP contribution in [-0.4, -0.2) is 41.4 Å². The largest absolute Gasteiger partial charge is 0.489 e. The van der Waals surface area contributed by atoms with Gasteiger partial charge in [0.25, 0.3) is 0 Å². The molecule has 1 aliphatic heterocycles. The van der Waals surface area contributed by atoms with Crippen molar-refractivity contribution in [3.05, 3.63) is 35.8 Å². The van der Waals surface area contributed by atoms with E-state index >= 15 is 0 Å². The van der Waals surface area contributed by atoms with Gasteiger partial charge in [-0.05, 0) is 19.1 Å². The molecule has 24 heavy (non-hydrogen) atoms. The van der Waals surface area contributed by atoms with Gasteiger partial charge in [0.1, 0.15) is 29.4 Å². The zero-order chi connectivity index (χ0) is 17.3. The minimum Gasteiger partial charge on any atom is -0.489 e. The van der Waals surface area contributed by atoms with Crippen molar-refractivity contribution in [3.8, 4) is 11.4 Å². The van der Waals surface area contributed by atoms with Gasteiger partial charge in [0.05, 0.1) is 19.3 Å². The summed E-state index contributed by atoms with van der Waals surface area (Å²) in [5, 5.41) is 4.18. The molecule has 1 aromatic carbocycles. The fourth-order valence-electron chi connectivity index (χ4n) is 2.57. The number of fused-ring (bicyclic) bond motifs is 3. The maximum atomic E-state index is 13.5. The lowest BCUT2D eigenvalue weighted by atomic mass is 10.2. The molecule has 0 aliphatic carbocycles. The molecule has 0 saturated heterocycles. The fourth-order valence-corrected chi connectivity index (χ4v) is 2.57. The smallest absolute Gasteiger partial charge is 0.343 e. The number of rotatable bonds is 2. The molecule has 0 bridgehead atoms. The highest BCUT2D eigenvalue weighted by Gasteiger charge is 2.29. The summed E-state index contributed by atoms with van der Waals surface area (Å²) in [6, 6.07) is 3.99. The predicted octanol–water partition coefficient (Wildman–Crippen LogP) is 1.93. The molecular weight excluding hydrogens is 317 g/mol. The third-order valence-electron chi connectivity index (χ3n) is 3.60. The molecule has 0 atom stereocenters. The van der Waals surface area contributed by atoms with Gasteiger partial charge in [-0.15, -0.1) is 0 Å². The van der Waals surface area contributed by atoms with E-state index in [-0.39, 0.29) is 42.8 Å². The normalized spacial score (nSPS) is 13.2. The minimum absolute atomic E-state index is 0.156. The number of benzene rings is 1. The van der Waals surface area contributed by atoms with E-state index in [0.717, 1.165) is 0 Å². The van der Waals surface area contributed by atoms with Gasteiger partial charge in [-0.25, -0.2) is 13.9 Å². The van der Waals surface area contributed by atoms with Crippen LogP contribution in [0.1, 0.15) is 24.2 Å². The molecule has 1 aromatic heterocycles. The number of halogens is 1. The van der Waals surface area contributed by atoms with Crippen LogP contribution in [0.2, 0.25) is 0 Å². The third kappa shape index (κ3) is 2.70. The van der Waals surface area contributed by atoms with E-state index in [4.69, 9.17) is 9.47 Å². The number of carbonyl (C=O) groups is 2. The Morgan fingerprint density at radius 3 is 2.92 bits per heavy atom. The van der Waals surface area contributed by atoms with Gasteiger partial charge in [-0.1, -0.05) is 0 Å².